The fourth-order valence-corrected chi connectivity index (χ4v) is 2.94. The van der Waals surface area contributed by atoms with E-state index in [1.807, 2.05) is 41.3 Å². The van der Waals surface area contributed by atoms with E-state index in [9.17, 15) is 4.79 Å². The smallest absolute Gasteiger partial charge is 0.260 e. The molecule has 0 saturated heterocycles. The molecule has 0 N–H and O–H groups in total. The summed E-state index contributed by atoms with van der Waals surface area (Å²) in [6.45, 7) is 2.21. The second-order valence-electron chi connectivity index (χ2n) is 5.61. The Morgan fingerprint density at radius 1 is 1.13 bits per heavy atom. The quantitative estimate of drug-likeness (QED) is 0.825. The largest absolute Gasteiger partial charge is 0.484 e. The van der Waals surface area contributed by atoms with Crippen LogP contribution < -0.4 is 9.64 Å². The molecule has 1 amide bonds. The van der Waals surface area contributed by atoms with Gasteiger partial charge in [-0.25, -0.2) is 0 Å². The Bertz CT molecular complexity index is 688. The summed E-state index contributed by atoms with van der Waals surface area (Å²) < 4.78 is 6.60. The molecule has 23 heavy (non-hydrogen) atoms. The Labute approximate surface area is 144 Å². The summed E-state index contributed by atoms with van der Waals surface area (Å²) in [5.74, 6) is 0.715. The molecule has 120 valence electrons. The molecule has 2 aromatic rings. The highest BCUT2D eigenvalue weighted by Gasteiger charge is 2.21. The van der Waals surface area contributed by atoms with E-state index in [4.69, 9.17) is 4.74 Å². The predicted octanol–water partition coefficient (Wildman–Crippen LogP) is 3.31. The zero-order valence-corrected chi connectivity index (χ0v) is 14.6. The molecule has 0 fully saturated rings. The Balaban J connectivity index is 1.65. The van der Waals surface area contributed by atoms with Crippen molar-refractivity contribution in [3.63, 3.8) is 0 Å². The number of halogens is 1. The van der Waals surface area contributed by atoms with E-state index in [2.05, 4.69) is 40.0 Å². The van der Waals surface area contributed by atoms with Gasteiger partial charge in [-0.2, -0.15) is 0 Å². The van der Waals surface area contributed by atoms with E-state index in [1.54, 1.807) is 0 Å². The zero-order valence-electron chi connectivity index (χ0n) is 13.0. The SMILES string of the molecule is CN1CCN(C(=O)COc2ccc(Br)cc2)Cc2ccccc21. The fraction of sp³-hybridized carbons (Fsp3) is 0.278. The Kier molecular flexibility index (Phi) is 4.86. The van der Waals surface area contributed by atoms with E-state index in [-0.39, 0.29) is 12.5 Å². The summed E-state index contributed by atoms with van der Waals surface area (Å²) in [6.07, 6.45) is 0. The average molecular weight is 375 g/mol. The van der Waals surface area contributed by atoms with Crippen LogP contribution in [0.15, 0.2) is 53.0 Å². The highest BCUT2D eigenvalue weighted by Crippen LogP contribution is 2.23. The van der Waals surface area contributed by atoms with Crippen LogP contribution >= 0.6 is 15.9 Å². The summed E-state index contributed by atoms with van der Waals surface area (Å²) >= 11 is 3.38. The molecule has 0 bridgehead atoms. The topological polar surface area (TPSA) is 32.8 Å². The van der Waals surface area contributed by atoms with Gasteiger partial charge in [0.1, 0.15) is 5.75 Å². The maximum atomic E-state index is 12.5. The second kappa shape index (κ2) is 7.04. The van der Waals surface area contributed by atoms with Crippen molar-refractivity contribution in [2.75, 3.05) is 31.6 Å². The van der Waals surface area contributed by atoms with Gasteiger partial charge in [-0.1, -0.05) is 34.1 Å². The maximum Gasteiger partial charge on any atom is 0.260 e. The van der Waals surface area contributed by atoms with Gasteiger partial charge in [0.25, 0.3) is 5.91 Å². The van der Waals surface area contributed by atoms with E-state index < -0.39 is 0 Å². The number of nitrogens with zero attached hydrogens (tertiary/aromatic N) is 2. The minimum Gasteiger partial charge on any atom is -0.484 e. The number of ether oxygens (including phenoxy) is 1. The molecule has 0 unspecified atom stereocenters. The van der Waals surface area contributed by atoms with Gasteiger partial charge < -0.3 is 14.5 Å². The minimum absolute atomic E-state index is 0.0121. The molecule has 0 spiro atoms. The highest BCUT2D eigenvalue weighted by molar-refractivity contribution is 9.10. The normalized spacial score (nSPS) is 14.2. The molecular weight excluding hydrogens is 356 g/mol. The van der Waals surface area contributed by atoms with Crippen LogP contribution in [0.2, 0.25) is 0 Å². The van der Waals surface area contributed by atoms with Gasteiger partial charge in [-0.3, -0.25) is 4.79 Å². The third-order valence-corrected chi connectivity index (χ3v) is 4.53. The average Bonchev–Trinajstić information content (AvgIpc) is 2.74. The van der Waals surface area contributed by atoms with Crippen molar-refractivity contribution in [2.24, 2.45) is 0 Å². The van der Waals surface area contributed by atoms with Crippen LogP contribution in [-0.2, 0) is 11.3 Å². The summed E-state index contributed by atoms with van der Waals surface area (Å²) in [5, 5.41) is 0. The predicted molar refractivity (Wildman–Crippen MR) is 94.8 cm³/mol. The number of para-hydroxylation sites is 1. The monoisotopic (exact) mass is 374 g/mol. The van der Waals surface area contributed by atoms with E-state index in [0.717, 1.165) is 11.0 Å². The molecule has 3 rings (SSSR count). The van der Waals surface area contributed by atoms with Crippen LogP contribution in [0.5, 0.6) is 5.75 Å². The summed E-state index contributed by atoms with van der Waals surface area (Å²) in [6, 6.07) is 15.7. The van der Waals surface area contributed by atoms with Crippen molar-refractivity contribution in [2.45, 2.75) is 6.54 Å². The fourth-order valence-electron chi connectivity index (χ4n) is 2.67. The number of hydrogen-bond donors (Lipinski definition) is 0. The van der Waals surface area contributed by atoms with Gasteiger partial charge in [0, 0.05) is 36.8 Å². The van der Waals surface area contributed by atoms with Crippen molar-refractivity contribution < 1.29 is 9.53 Å². The first kappa shape index (κ1) is 15.9. The number of hydrogen-bond acceptors (Lipinski definition) is 3. The third kappa shape index (κ3) is 3.85. The molecule has 1 aliphatic heterocycles. The van der Waals surface area contributed by atoms with Crippen LogP contribution in [0.1, 0.15) is 5.56 Å². The van der Waals surface area contributed by atoms with Crippen molar-refractivity contribution in [1.82, 2.24) is 4.90 Å². The van der Waals surface area contributed by atoms with Gasteiger partial charge in [0.15, 0.2) is 6.61 Å². The van der Waals surface area contributed by atoms with Crippen LogP contribution in [0.25, 0.3) is 0 Å². The van der Waals surface area contributed by atoms with E-state index in [1.165, 1.54) is 11.3 Å². The number of amides is 1. The molecule has 5 heteroatoms. The van der Waals surface area contributed by atoms with Crippen molar-refractivity contribution >= 4 is 27.5 Å². The van der Waals surface area contributed by atoms with Gasteiger partial charge in [0.2, 0.25) is 0 Å². The van der Waals surface area contributed by atoms with Crippen molar-refractivity contribution in [1.29, 1.82) is 0 Å². The molecule has 0 atom stereocenters. The molecule has 0 aromatic heterocycles. The van der Waals surface area contributed by atoms with E-state index >= 15 is 0 Å². The highest BCUT2D eigenvalue weighted by atomic mass is 79.9. The first-order valence-corrected chi connectivity index (χ1v) is 8.38. The molecule has 1 aliphatic rings. The first-order chi connectivity index (χ1) is 11.1. The summed E-state index contributed by atoms with van der Waals surface area (Å²) in [7, 11) is 2.06. The summed E-state index contributed by atoms with van der Waals surface area (Å²) in [5.41, 5.74) is 2.36. The number of likely N-dealkylation sites (N-methyl/N-ethyl adjacent to an activating group) is 1. The first-order valence-electron chi connectivity index (χ1n) is 7.58. The number of carbonyl (C=O) groups excluding carboxylic acids is 1. The lowest BCUT2D eigenvalue weighted by molar-refractivity contribution is -0.133. The lowest BCUT2D eigenvalue weighted by Crippen LogP contribution is -2.37. The van der Waals surface area contributed by atoms with Crippen LogP contribution in [0.3, 0.4) is 0 Å². The molecule has 2 aromatic carbocycles. The van der Waals surface area contributed by atoms with E-state index in [0.29, 0.717) is 18.8 Å². The maximum absolute atomic E-state index is 12.5. The lowest BCUT2D eigenvalue weighted by atomic mass is 10.1. The molecule has 0 saturated carbocycles. The number of rotatable bonds is 3. The molecular formula is C18H19BrN2O2. The molecule has 1 heterocycles. The second-order valence-corrected chi connectivity index (χ2v) is 6.52. The third-order valence-electron chi connectivity index (χ3n) is 4.00. The van der Waals surface area contributed by atoms with Gasteiger partial charge in [-0.05, 0) is 35.9 Å². The van der Waals surface area contributed by atoms with Crippen LogP contribution in [0.4, 0.5) is 5.69 Å². The molecule has 0 aliphatic carbocycles. The number of carbonyl (C=O) groups is 1. The summed E-state index contributed by atoms with van der Waals surface area (Å²) in [4.78, 5) is 16.5. The number of benzene rings is 2. The number of anilines is 1. The van der Waals surface area contributed by atoms with Gasteiger partial charge in [-0.15, -0.1) is 0 Å². The standard InChI is InChI=1S/C18H19BrN2O2/c1-20-10-11-21(12-14-4-2-3-5-17(14)20)18(22)13-23-16-8-6-15(19)7-9-16/h2-9H,10-13H2,1H3. The lowest BCUT2D eigenvalue weighted by Gasteiger charge is -2.21. The van der Waals surface area contributed by atoms with Crippen LogP contribution in [-0.4, -0.2) is 37.6 Å². The molecule has 0 radical (unpaired) electrons. The van der Waals surface area contributed by atoms with Crippen molar-refractivity contribution in [3.05, 3.63) is 58.6 Å². The minimum atomic E-state index is 0.0121. The van der Waals surface area contributed by atoms with Crippen molar-refractivity contribution in [3.8, 4) is 5.75 Å². The number of fused-ring (bicyclic) bond motifs is 1. The van der Waals surface area contributed by atoms with Crippen LogP contribution in [0, 0.1) is 0 Å². The van der Waals surface area contributed by atoms with Gasteiger partial charge in [0.05, 0.1) is 0 Å². The Hall–Kier alpha value is -2.01. The van der Waals surface area contributed by atoms with Gasteiger partial charge >= 0.3 is 0 Å². The zero-order chi connectivity index (χ0) is 16.2. The Morgan fingerprint density at radius 3 is 2.65 bits per heavy atom. The Morgan fingerprint density at radius 2 is 1.87 bits per heavy atom. The molecule has 4 nitrogen and oxygen atoms in total.